The number of aliphatic carboxylic acids is 1. The topological polar surface area (TPSA) is 161 Å². The van der Waals surface area contributed by atoms with Crippen LogP contribution in [0.5, 0.6) is 11.5 Å². The van der Waals surface area contributed by atoms with Crippen molar-refractivity contribution in [1.82, 2.24) is 0 Å². The molecule has 1 aromatic rings. The van der Waals surface area contributed by atoms with E-state index in [1.54, 1.807) is 13.8 Å². The van der Waals surface area contributed by atoms with Gasteiger partial charge in [-0.1, -0.05) is 59.4 Å². The Balaban J connectivity index is 3.31. The van der Waals surface area contributed by atoms with Gasteiger partial charge in [0, 0.05) is 18.3 Å². The van der Waals surface area contributed by atoms with Crippen LogP contribution in [-0.2, 0) is 23.8 Å². The third kappa shape index (κ3) is 12.2. The van der Waals surface area contributed by atoms with Crippen LogP contribution in [0.25, 0.3) is 0 Å². The second-order valence-corrected chi connectivity index (χ2v) is 9.72. The molecular formula is C29H45NO10. The quantitative estimate of drug-likeness (QED) is 0.0931. The fourth-order valence-corrected chi connectivity index (χ4v) is 4.01. The summed E-state index contributed by atoms with van der Waals surface area (Å²) in [6.07, 6.45) is 3.15. The number of nitrogens with two attached hydrogens (primary N) is 1. The largest absolute Gasteiger partial charge is 0.513 e. The van der Waals surface area contributed by atoms with Gasteiger partial charge in [0.05, 0.1) is 13.2 Å². The van der Waals surface area contributed by atoms with E-state index in [-0.39, 0.29) is 31.1 Å². The first-order valence-electron chi connectivity index (χ1n) is 14.1. The zero-order valence-electron chi connectivity index (χ0n) is 24.3. The van der Waals surface area contributed by atoms with Crippen LogP contribution in [0.15, 0.2) is 18.2 Å². The highest BCUT2D eigenvalue weighted by molar-refractivity contribution is 5.75. The van der Waals surface area contributed by atoms with E-state index >= 15 is 0 Å². The summed E-state index contributed by atoms with van der Waals surface area (Å²) in [7, 11) is 0. The molecule has 40 heavy (non-hydrogen) atoms. The lowest BCUT2D eigenvalue weighted by atomic mass is 9.79. The van der Waals surface area contributed by atoms with Gasteiger partial charge in [-0.3, -0.25) is 9.59 Å². The lowest BCUT2D eigenvalue weighted by Gasteiger charge is -2.31. The summed E-state index contributed by atoms with van der Waals surface area (Å²) < 4.78 is 26.4. The summed E-state index contributed by atoms with van der Waals surface area (Å²) in [4.78, 5) is 48.7. The van der Waals surface area contributed by atoms with E-state index < -0.39 is 48.2 Å². The van der Waals surface area contributed by atoms with Gasteiger partial charge in [0.1, 0.15) is 12.1 Å². The molecule has 4 atom stereocenters. The van der Waals surface area contributed by atoms with Crippen molar-refractivity contribution in [2.75, 3.05) is 13.2 Å². The molecule has 226 valence electrons. The summed E-state index contributed by atoms with van der Waals surface area (Å²) in [6.45, 7) is 9.58. The molecule has 11 heteroatoms. The van der Waals surface area contributed by atoms with Crippen molar-refractivity contribution in [1.29, 1.82) is 0 Å². The van der Waals surface area contributed by atoms with Crippen LogP contribution in [0.2, 0.25) is 0 Å². The van der Waals surface area contributed by atoms with Crippen molar-refractivity contribution >= 4 is 24.2 Å². The lowest BCUT2D eigenvalue weighted by molar-refractivity contribution is -0.151. The Bertz CT molecular complexity index is 951. The highest BCUT2D eigenvalue weighted by Crippen LogP contribution is 2.37. The van der Waals surface area contributed by atoms with Crippen LogP contribution >= 0.6 is 0 Å². The molecule has 0 saturated carbocycles. The molecule has 0 bridgehead atoms. The number of carboxylic acids is 1. The molecule has 0 radical (unpaired) electrons. The molecule has 0 amide bonds. The summed E-state index contributed by atoms with van der Waals surface area (Å²) in [5.41, 5.74) is 6.46. The van der Waals surface area contributed by atoms with Crippen LogP contribution in [-0.4, -0.2) is 54.7 Å². The molecule has 0 heterocycles. The normalized spacial score (nSPS) is 13.8. The minimum Gasteiger partial charge on any atom is -0.480 e. The number of carbonyl (C=O) groups excluding carboxylic acids is 3. The standard InChI is InChI=1S/C29H45NO10/c1-6-9-11-16-36-28(34)39-22-15-14-21(18-23(22)40-29(35)37-17-12-10-7-2)25(26(30)27(32)33)19(4)20(5)38-24(31)13-8-3/h14-15,18-20,25-26H,6-13,16-17,30H2,1-5H3,(H,32,33)/t19?,20?,25?,26-/m0/s1. The molecule has 0 saturated heterocycles. The average Bonchev–Trinajstić information content (AvgIpc) is 2.90. The van der Waals surface area contributed by atoms with Crippen molar-refractivity contribution in [2.45, 2.75) is 104 Å². The maximum atomic E-state index is 12.4. The first kappa shape index (κ1) is 34.7. The van der Waals surface area contributed by atoms with E-state index in [1.165, 1.54) is 18.2 Å². The summed E-state index contributed by atoms with van der Waals surface area (Å²) in [5.74, 6) is -3.37. The molecule has 0 aromatic heterocycles. The van der Waals surface area contributed by atoms with Crippen molar-refractivity contribution in [2.24, 2.45) is 11.7 Å². The Kier molecular flexibility index (Phi) is 16.4. The molecule has 0 aliphatic carbocycles. The fraction of sp³-hybridized carbons (Fsp3) is 0.655. The molecule has 1 aromatic carbocycles. The van der Waals surface area contributed by atoms with Gasteiger partial charge < -0.3 is 34.5 Å². The van der Waals surface area contributed by atoms with Gasteiger partial charge >= 0.3 is 24.2 Å². The Labute approximate surface area is 236 Å². The van der Waals surface area contributed by atoms with Gasteiger partial charge in [-0.25, -0.2) is 9.59 Å². The monoisotopic (exact) mass is 567 g/mol. The maximum absolute atomic E-state index is 12.4. The molecule has 0 fully saturated rings. The number of carbonyl (C=O) groups is 4. The molecule has 0 spiro atoms. The number of carboxylic acid groups (broad SMARTS) is 1. The van der Waals surface area contributed by atoms with Crippen LogP contribution in [0.1, 0.15) is 97.5 Å². The smallest absolute Gasteiger partial charge is 0.480 e. The van der Waals surface area contributed by atoms with Gasteiger partial charge in [0.15, 0.2) is 11.5 Å². The van der Waals surface area contributed by atoms with E-state index in [0.29, 0.717) is 24.8 Å². The summed E-state index contributed by atoms with van der Waals surface area (Å²) in [5, 5.41) is 9.74. The van der Waals surface area contributed by atoms with Crippen LogP contribution in [0.4, 0.5) is 9.59 Å². The molecule has 0 aliphatic heterocycles. The van der Waals surface area contributed by atoms with Gasteiger partial charge in [0.2, 0.25) is 0 Å². The summed E-state index contributed by atoms with van der Waals surface area (Å²) in [6, 6.07) is 2.87. The number of rotatable bonds is 18. The minimum absolute atomic E-state index is 0.118. The van der Waals surface area contributed by atoms with Crippen molar-refractivity contribution in [3.8, 4) is 11.5 Å². The SMILES string of the molecule is CCCCCOC(=O)Oc1ccc(C(C(C)C(C)OC(=O)CCC)[C@H](N)C(=O)O)cc1OC(=O)OCCCCC. The van der Waals surface area contributed by atoms with E-state index in [0.717, 1.165) is 25.7 Å². The van der Waals surface area contributed by atoms with Crippen molar-refractivity contribution < 1.29 is 48.0 Å². The van der Waals surface area contributed by atoms with E-state index in [4.69, 9.17) is 29.4 Å². The Morgan fingerprint density at radius 1 is 0.825 bits per heavy atom. The van der Waals surface area contributed by atoms with Gasteiger partial charge in [0.25, 0.3) is 0 Å². The Morgan fingerprint density at radius 2 is 1.38 bits per heavy atom. The van der Waals surface area contributed by atoms with Gasteiger partial charge in [-0.2, -0.15) is 0 Å². The number of benzene rings is 1. The molecular weight excluding hydrogens is 522 g/mol. The second-order valence-electron chi connectivity index (χ2n) is 9.72. The van der Waals surface area contributed by atoms with E-state index in [2.05, 4.69) is 0 Å². The number of hydrogen-bond donors (Lipinski definition) is 2. The number of unbranched alkanes of at least 4 members (excludes halogenated alkanes) is 4. The molecule has 0 aliphatic rings. The molecule has 3 N–H and O–H groups in total. The Morgan fingerprint density at radius 3 is 1.88 bits per heavy atom. The number of hydrogen-bond acceptors (Lipinski definition) is 10. The predicted octanol–water partition coefficient (Wildman–Crippen LogP) is 5.96. The van der Waals surface area contributed by atoms with Gasteiger partial charge in [-0.05, 0) is 43.9 Å². The average molecular weight is 568 g/mol. The zero-order valence-corrected chi connectivity index (χ0v) is 24.3. The van der Waals surface area contributed by atoms with Crippen LogP contribution in [0, 0.1) is 5.92 Å². The number of ether oxygens (including phenoxy) is 5. The number of esters is 1. The molecule has 11 nitrogen and oxygen atoms in total. The minimum atomic E-state index is -1.38. The first-order valence-corrected chi connectivity index (χ1v) is 14.1. The van der Waals surface area contributed by atoms with E-state index in [1.807, 2.05) is 20.8 Å². The van der Waals surface area contributed by atoms with Crippen molar-refractivity contribution in [3.63, 3.8) is 0 Å². The van der Waals surface area contributed by atoms with Crippen LogP contribution < -0.4 is 15.2 Å². The highest BCUT2D eigenvalue weighted by Gasteiger charge is 2.35. The van der Waals surface area contributed by atoms with Crippen molar-refractivity contribution in [3.05, 3.63) is 23.8 Å². The molecule has 3 unspecified atom stereocenters. The fourth-order valence-electron chi connectivity index (χ4n) is 4.01. The highest BCUT2D eigenvalue weighted by atomic mass is 16.7. The second kappa shape index (κ2) is 18.9. The zero-order chi connectivity index (χ0) is 30.1. The maximum Gasteiger partial charge on any atom is 0.513 e. The molecule has 1 rings (SSSR count). The lowest BCUT2D eigenvalue weighted by Crippen LogP contribution is -2.42. The van der Waals surface area contributed by atoms with Crippen LogP contribution in [0.3, 0.4) is 0 Å². The van der Waals surface area contributed by atoms with Gasteiger partial charge in [-0.15, -0.1) is 0 Å². The van der Waals surface area contributed by atoms with E-state index in [9.17, 15) is 24.3 Å². The third-order valence-electron chi connectivity index (χ3n) is 6.43. The third-order valence-corrected chi connectivity index (χ3v) is 6.43. The first-order chi connectivity index (χ1) is 19.0. The summed E-state index contributed by atoms with van der Waals surface area (Å²) >= 11 is 0. The Hall–Kier alpha value is -3.34. The predicted molar refractivity (Wildman–Crippen MR) is 147 cm³/mol.